The topological polar surface area (TPSA) is 93.3 Å². The fourth-order valence-corrected chi connectivity index (χ4v) is 3.83. The predicted molar refractivity (Wildman–Crippen MR) is 60.2 cm³/mol. The van der Waals surface area contributed by atoms with Gasteiger partial charge in [0.1, 0.15) is 0 Å². The molecule has 0 spiro atoms. The van der Waals surface area contributed by atoms with Crippen molar-refractivity contribution >= 4 is 9.84 Å². The highest BCUT2D eigenvalue weighted by Crippen LogP contribution is 2.23. The van der Waals surface area contributed by atoms with Gasteiger partial charge >= 0.3 is 0 Å². The van der Waals surface area contributed by atoms with Gasteiger partial charge in [0.25, 0.3) is 0 Å². The molecule has 1 aromatic heterocycles. The molecule has 2 heterocycles. The van der Waals surface area contributed by atoms with Crippen molar-refractivity contribution in [2.45, 2.75) is 44.0 Å². The summed E-state index contributed by atoms with van der Waals surface area (Å²) in [5.41, 5.74) is 0. The van der Waals surface area contributed by atoms with E-state index >= 15 is 0 Å². The Bertz CT molecular complexity index is 480. The van der Waals surface area contributed by atoms with Crippen LogP contribution in [0.5, 0.6) is 0 Å². The normalized spacial score (nSPS) is 24.9. The summed E-state index contributed by atoms with van der Waals surface area (Å²) in [4.78, 5) is 4.08. The molecule has 0 aliphatic carbocycles. The molecular weight excluding hydrogens is 244 g/mol. The summed E-state index contributed by atoms with van der Waals surface area (Å²) in [6, 6.07) is 0. The molecule has 2 atom stereocenters. The Kier molecular flexibility index (Phi) is 3.48. The second kappa shape index (κ2) is 4.73. The number of nitrogens with zero attached hydrogens (tertiary/aromatic N) is 2. The van der Waals surface area contributed by atoms with Gasteiger partial charge in [-0.3, -0.25) is 0 Å². The van der Waals surface area contributed by atoms with Crippen molar-refractivity contribution in [3.05, 3.63) is 11.7 Å². The second-order valence-corrected chi connectivity index (χ2v) is 6.89. The van der Waals surface area contributed by atoms with E-state index in [-0.39, 0.29) is 17.4 Å². The lowest BCUT2D eigenvalue weighted by atomic mass is 10.2. The fraction of sp³-hybridized carbons (Fsp3) is 0.800. The average molecular weight is 260 g/mol. The third-order valence-corrected chi connectivity index (χ3v) is 5.13. The summed E-state index contributed by atoms with van der Waals surface area (Å²) in [5.74, 6) is 1.02. The van der Waals surface area contributed by atoms with Gasteiger partial charge in [-0.15, -0.1) is 0 Å². The smallest absolute Gasteiger partial charge is 0.227 e. The van der Waals surface area contributed by atoms with E-state index in [1.807, 2.05) is 0 Å². The number of aromatic nitrogens is 2. The van der Waals surface area contributed by atoms with E-state index in [0.717, 1.165) is 0 Å². The van der Waals surface area contributed by atoms with Gasteiger partial charge in [-0.25, -0.2) is 8.42 Å². The predicted octanol–water partition coefficient (Wildman–Crippen LogP) is 0.113. The van der Waals surface area contributed by atoms with Gasteiger partial charge in [-0.2, -0.15) is 4.98 Å². The Morgan fingerprint density at radius 3 is 2.94 bits per heavy atom. The molecule has 6 nitrogen and oxygen atoms in total. The molecule has 1 aromatic rings. The van der Waals surface area contributed by atoms with Crippen LogP contribution >= 0.6 is 0 Å². The average Bonchev–Trinajstić information content (AvgIpc) is 2.75. The molecular formula is C10H16N2O4S. The zero-order chi connectivity index (χ0) is 12.5. The summed E-state index contributed by atoms with van der Waals surface area (Å²) < 4.78 is 28.2. The Morgan fingerprint density at radius 2 is 2.35 bits per heavy atom. The van der Waals surface area contributed by atoms with Crippen LogP contribution in [-0.2, 0) is 22.7 Å². The number of rotatable bonds is 4. The molecule has 1 aliphatic heterocycles. The minimum Gasteiger partial charge on any atom is -0.393 e. The van der Waals surface area contributed by atoms with Crippen LogP contribution in [0.3, 0.4) is 0 Å². The number of hydrogen-bond donors (Lipinski definition) is 1. The van der Waals surface area contributed by atoms with E-state index in [1.165, 1.54) is 0 Å². The number of sulfone groups is 1. The minimum absolute atomic E-state index is 0.256. The molecule has 1 N–H and O–H groups in total. The molecule has 2 rings (SSSR count). The Labute approximate surface area is 99.9 Å². The zero-order valence-electron chi connectivity index (χ0n) is 9.66. The number of hydrogen-bond acceptors (Lipinski definition) is 6. The summed E-state index contributed by atoms with van der Waals surface area (Å²) in [5, 5.41) is 12.5. The van der Waals surface area contributed by atoms with E-state index in [4.69, 9.17) is 9.63 Å². The zero-order valence-corrected chi connectivity index (χ0v) is 10.5. The van der Waals surface area contributed by atoms with Crippen LogP contribution in [0.4, 0.5) is 0 Å². The van der Waals surface area contributed by atoms with Gasteiger partial charge in [0.05, 0.1) is 17.1 Å². The summed E-state index contributed by atoms with van der Waals surface area (Å²) in [7, 11) is -2.98. The van der Waals surface area contributed by atoms with Crippen molar-refractivity contribution in [2.24, 2.45) is 0 Å². The first-order valence-electron chi connectivity index (χ1n) is 5.68. The lowest BCUT2D eigenvalue weighted by molar-refractivity contribution is 0.191. The molecule has 7 heteroatoms. The summed E-state index contributed by atoms with van der Waals surface area (Å²) in [6.45, 7) is 1.64. The van der Waals surface area contributed by atoms with Crippen molar-refractivity contribution in [1.29, 1.82) is 0 Å². The third kappa shape index (κ3) is 3.04. The molecule has 0 bridgehead atoms. The molecule has 2 unspecified atom stereocenters. The number of aliphatic hydroxyl groups excluding tert-OH is 1. The highest BCUT2D eigenvalue weighted by Gasteiger charge is 2.32. The summed E-state index contributed by atoms with van der Waals surface area (Å²) >= 11 is 0. The Balaban J connectivity index is 2.02. The van der Waals surface area contributed by atoms with E-state index < -0.39 is 15.9 Å². The van der Waals surface area contributed by atoms with Crippen molar-refractivity contribution in [3.8, 4) is 0 Å². The van der Waals surface area contributed by atoms with Crippen LogP contribution < -0.4 is 0 Å². The van der Waals surface area contributed by atoms with Crippen molar-refractivity contribution in [2.75, 3.05) is 5.75 Å². The molecule has 1 saturated heterocycles. The third-order valence-electron chi connectivity index (χ3n) is 2.85. The first-order valence-corrected chi connectivity index (χ1v) is 7.40. The standard InChI is InChI=1S/C10H16N2O4S/c1-7(13)5-9-11-10(16-12-9)6-8-3-2-4-17(8,14)15/h7-8,13H,2-6H2,1H3. The molecule has 17 heavy (non-hydrogen) atoms. The van der Waals surface area contributed by atoms with E-state index in [2.05, 4.69) is 10.1 Å². The van der Waals surface area contributed by atoms with Gasteiger partial charge in [-0.1, -0.05) is 5.16 Å². The van der Waals surface area contributed by atoms with Gasteiger partial charge < -0.3 is 9.63 Å². The van der Waals surface area contributed by atoms with Crippen LogP contribution in [-0.4, -0.2) is 40.8 Å². The van der Waals surface area contributed by atoms with Crippen molar-refractivity contribution in [3.63, 3.8) is 0 Å². The van der Waals surface area contributed by atoms with Crippen LogP contribution in [0.15, 0.2) is 4.52 Å². The van der Waals surface area contributed by atoms with Gasteiger partial charge in [-0.05, 0) is 19.8 Å². The first-order chi connectivity index (χ1) is 7.97. The monoisotopic (exact) mass is 260 g/mol. The molecule has 96 valence electrons. The van der Waals surface area contributed by atoms with E-state index in [0.29, 0.717) is 31.0 Å². The molecule has 1 aliphatic rings. The van der Waals surface area contributed by atoms with E-state index in [1.54, 1.807) is 6.92 Å². The maximum absolute atomic E-state index is 11.6. The van der Waals surface area contributed by atoms with Crippen LogP contribution in [0.2, 0.25) is 0 Å². The molecule has 0 saturated carbocycles. The van der Waals surface area contributed by atoms with Crippen molar-refractivity contribution in [1.82, 2.24) is 10.1 Å². The quantitative estimate of drug-likeness (QED) is 0.826. The molecule has 0 amide bonds. The lowest BCUT2D eigenvalue weighted by Crippen LogP contribution is -2.18. The minimum atomic E-state index is -2.98. The van der Waals surface area contributed by atoms with Crippen LogP contribution in [0.25, 0.3) is 0 Å². The maximum Gasteiger partial charge on any atom is 0.227 e. The van der Waals surface area contributed by atoms with Gasteiger partial charge in [0, 0.05) is 12.8 Å². The van der Waals surface area contributed by atoms with Crippen LogP contribution in [0.1, 0.15) is 31.5 Å². The maximum atomic E-state index is 11.6. The summed E-state index contributed by atoms with van der Waals surface area (Å²) in [6.07, 6.45) is 1.45. The highest BCUT2D eigenvalue weighted by molar-refractivity contribution is 7.92. The Hall–Kier alpha value is -0.950. The molecule has 1 fully saturated rings. The van der Waals surface area contributed by atoms with Crippen LogP contribution in [0, 0.1) is 0 Å². The van der Waals surface area contributed by atoms with Gasteiger partial charge in [0.15, 0.2) is 15.7 Å². The molecule has 0 radical (unpaired) electrons. The first kappa shape index (κ1) is 12.5. The Morgan fingerprint density at radius 1 is 1.59 bits per heavy atom. The second-order valence-electron chi connectivity index (χ2n) is 4.49. The number of aliphatic hydroxyl groups is 1. The largest absolute Gasteiger partial charge is 0.393 e. The van der Waals surface area contributed by atoms with E-state index in [9.17, 15) is 8.42 Å². The lowest BCUT2D eigenvalue weighted by Gasteiger charge is -2.04. The van der Waals surface area contributed by atoms with Gasteiger partial charge in [0.2, 0.25) is 5.89 Å². The van der Waals surface area contributed by atoms with Crippen molar-refractivity contribution < 1.29 is 18.0 Å². The molecule has 0 aromatic carbocycles. The highest BCUT2D eigenvalue weighted by atomic mass is 32.2. The SMILES string of the molecule is CC(O)Cc1noc(CC2CCCS2(=O)=O)n1. The fourth-order valence-electron chi connectivity index (χ4n) is 2.00.